The molecule has 0 radical (unpaired) electrons. The quantitative estimate of drug-likeness (QED) is 0.483. The van der Waals surface area contributed by atoms with Crippen LogP contribution in [-0.2, 0) is 12.3 Å². The first kappa shape index (κ1) is 16.1. The molecule has 25 heavy (non-hydrogen) atoms. The summed E-state index contributed by atoms with van der Waals surface area (Å²) in [5.74, 6) is 1.98. The fourth-order valence-corrected chi connectivity index (χ4v) is 4.10. The summed E-state index contributed by atoms with van der Waals surface area (Å²) >= 11 is 2.97. The Morgan fingerprint density at radius 3 is 3.08 bits per heavy atom. The van der Waals surface area contributed by atoms with Crippen LogP contribution < -0.4 is 5.56 Å². The van der Waals surface area contributed by atoms with Crippen molar-refractivity contribution in [1.82, 2.24) is 24.1 Å². The molecular weight excluding hydrogens is 358 g/mol. The second kappa shape index (κ2) is 6.85. The van der Waals surface area contributed by atoms with Crippen LogP contribution in [0.2, 0.25) is 0 Å². The van der Waals surface area contributed by atoms with E-state index in [0.29, 0.717) is 16.5 Å². The number of nitrogens with zero attached hydrogens (tertiary/aromatic N) is 5. The van der Waals surface area contributed by atoms with Gasteiger partial charge in [0.15, 0.2) is 21.7 Å². The summed E-state index contributed by atoms with van der Waals surface area (Å²) in [7, 11) is 0. The summed E-state index contributed by atoms with van der Waals surface area (Å²) in [6.07, 6.45) is 4.32. The van der Waals surface area contributed by atoms with E-state index in [1.165, 1.54) is 23.1 Å². The van der Waals surface area contributed by atoms with Crippen LogP contribution in [0.1, 0.15) is 19.0 Å². The van der Waals surface area contributed by atoms with E-state index >= 15 is 0 Å². The molecule has 4 heterocycles. The first-order chi connectivity index (χ1) is 12.3. The maximum Gasteiger partial charge on any atom is 0.258 e. The Morgan fingerprint density at radius 2 is 2.28 bits per heavy atom. The monoisotopic (exact) mass is 373 g/mol. The number of thiazole rings is 1. The number of furan rings is 1. The van der Waals surface area contributed by atoms with Crippen LogP contribution in [0.4, 0.5) is 0 Å². The largest absolute Gasteiger partial charge is 0.461 e. The van der Waals surface area contributed by atoms with Gasteiger partial charge in [-0.1, -0.05) is 18.7 Å². The summed E-state index contributed by atoms with van der Waals surface area (Å²) in [4.78, 5) is 17.3. The molecule has 4 rings (SSSR count). The Morgan fingerprint density at radius 1 is 1.36 bits per heavy atom. The molecule has 0 spiro atoms. The number of hydrogen-bond acceptors (Lipinski definition) is 7. The molecule has 0 aromatic carbocycles. The van der Waals surface area contributed by atoms with Crippen molar-refractivity contribution in [3.63, 3.8) is 0 Å². The van der Waals surface area contributed by atoms with Crippen LogP contribution in [0, 0.1) is 0 Å². The van der Waals surface area contributed by atoms with Crippen molar-refractivity contribution >= 4 is 28.1 Å². The predicted molar refractivity (Wildman–Crippen MR) is 96.9 cm³/mol. The molecular formula is C16H15N5O2S2. The lowest BCUT2D eigenvalue weighted by Gasteiger charge is -2.07. The minimum Gasteiger partial charge on any atom is -0.461 e. The van der Waals surface area contributed by atoms with Gasteiger partial charge in [0.05, 0.1) is 12.0 Å². The van der Waals surface area contributed by atoms with Gasteiger partial charge in [0.1, 0.15) is 0 Å². The van der Waals surface area contributed by atoms with E-state index in [0.717, 1.165) is 29.6 Å². The first-order valence-corrected chi connectivity index (χ1v) is 9.68. The second-order valence-corrected chi connectivity index (χ2v) is 7.18. The van der Waals surface area contributed by atoms with Crippen LogP contribution in [0.25, 0.3) is 16.5 Å². The normalized spacial score (nSPS) is 11.4. The highest BCUT2D eigenvalue weighted by atomic mass is 32.2. The lowest BCUT2D eigenvalue weighted by Crippen LogP contribution is -2.12. The molecule has 0 amide bonds. The standard InChI is InChI=1S/C16H15N5O2S2/c1-2-5-21-14(12-4-3-7-23-12)18-19-16(21)25-10-11-9-13(22)20-6-8-24-15(20)17-11/h3-4,6-9H,2,5,10H2,1H3. The molecule has 0 N–H and O–H groups in total. The van der Waals surface area contributed by atoms with Gasteiger partial charge in [-0.2, -0.15) is 0 Å². The van der Waals surface area contributed by atoms with Gasteiger partial charge in [0.2, 0.25) is 0 Å². The van der Waals surface area contributed by atoms with E-state index in [1.807, 2.05) is 22.1 Å². The van der Waals surface area contributed by atoms with Crippen LogP contribution in [0.3, 0.4) is 0 Å². The van der Waals surface area contributed by atoms with Crippen LogP contribution in [0.15, 0.2) is 50.4 Å². The maximum atomic E-state index is 12.1. The van der Waals surface area contributed by atoms with E-state index in [9.17, 15) is 4.79 Å². The van der Waals surface area contributed by atoms with Gasteiger partial charge in [-0.15, -0.1) is 21.5 Å². The molecule has 0 saturated carbocycles. The molecule has 0 atom stereocenters. The molecule has 9 heteroatoms. The van der Waals surface area contributed by atoms with Crippen molar-refractivity contribution in [2.75, 3.05) is 0 Å². The van der Waals surface area contributed by atoms with Crippen molar-refractivity contribution in [3.05, 3.63) is 52.1 Å². The fraction of sp³-hybridized carbons (Fsp3) is 0.250. The van der Waals surface area contributed by atoms with E-state index in [-0.39, 0.29) is 5.56 Å². The lowest BCUT2D eigenvalue weighted by atomic mass is 10.4. The fourth-order valence-electron chi connectivity index (χ4n) is 2.51. The smallest absolute Gasteiger partial charge is 0.258 e. The van der Waals surface area contributed by atoms with Crippen molar-refractivity contribution in [1.29, 1.82) is 0 Å². The topological polar surface area (TPSA) is 78.2 Å². The molecule has 4 aromatic heterocycles. The summed E-state index contributed by atoms with van der Waals surface area (Å²) in [6.45, 7) is 2.90. The van der Waals surface area contributed by atoms with Gasteiger partial charge in [0.25, 0.3) is 5.56 Å². The molecule has 4 aromatic rings. The number of rotatable bonds is 6. The van der Waals surface area contributed by atoms with Gasteiger partial charge in [0, 0.05) is 29.9 Å². The summed E-state index contributed by atoms with van der Waals surface area (Å²) in [5, 5.41) is 11.2. The molecule has 0 aliphatic carbocycles. The number of thioether (sulfide) groups is 1. The Bertz CT molecular complexity index is 1050. The van der Waals surface area contributed by atoms with Crippen LogP contribution >= 0.6 is 23.1 Å². The summed E-state index contributed by atoms with van der Waals surface area (Å²) < 4.78 is 9.04. The van der Waals surface area contributed by atoms with E-state index in [4.69, 9.17) is 4.42 Å². The van der Waals surface area contributed by atoms with Gasteiger partial charge in [-0.05, 0) is 18.6 Å². The van der Waals surface area contributed by atoms with Crippen molar-refractivity contribution in [2.45, 2.75) is 30.8 Å². The zero-order valence-corrected chi connectivity index (χ0v) is 15.1. The second-order valence-electron chi connectivity index (χ2n) is 5.37. The molecule has 0 aliphatic rings. The Kier molecular flexibility index (Phi) is 4.41. The first-order valence-electron chi connectivity index (χ1n) is 7.82. The average molecular weight is 373 g/mol. The molecule has 0 saturated heterocycles. The number of hydrogen-bond donors (Lipinski definition) is 0. The minimum absolute atomic E-state index is 0.0619. The van der Waals surface area contributed by atoms with Gasteiger partial charge >= 0.3 is 0 Å². The minimum atomic E-state index is -0.0619. The molecule has 0 unspecified atom stereocenters. The molecule has 128 valence electrons. The zero-order valence-electron chi connectivity index (χ0n) is 13.5. The number of aromatic nitrogens is 5. The third kappa shape index (κ3) is 3.12. The SMILES string of the molecule is CCCn1c(SCc2cc(=O)n3ccsc3n2)nnc1-c1ccco1. The predicted octanol–water partition coefficient (Wildman–Crippen LogP) is 3.31. The molecule has 0 aliphatic heterocycles. The van der Waals surface area contributed by atoms with Gasteiger partial charge in [-0.25, -0.2) is 4.98 Å². The average Bonchev–Trinajstić information content (AvgIpc) is 3.34. The van der Waals surface area contributed by atoms with Crippen molar-refractivity contribution in [3.8, 4) is 11.6 Å². The highest BCUT2D eigenvalue weighted by Gasteiger charge is 2.16. The van der Waals surface area contributed by atoms with Gasteiger partial charge in [-0.3, -0.25) is 13.8 Å². The highest BCUT2D eigenvalue weighted by molar-refractivity contribution is 7.98. The molecule has 0 fully saturated rings. The van der Waals surface area contributed by atoms with Crippen molar-refractivity contribution < 1.29 is 4.42 Å². The maximum absolute atomic E-state index is 12.1. The van der Waals surface area contributed by atoms with E-state index < -0.39 is 0 Å². The number of fused-ring (bicyclic) bond motifs is 1. The van der Waals surface area contributed by atoms with Crippen molar-refractivity contribution in [2.24, 2.45) is 0 Å². The lowest BCUT2D eigenvalue weighted by molar-refractivity contribution is 0.559. The van der Waals surface area contributed by atoms with Gasteiger partial charge < -0.3 is 4.42 Å². The highest BCUT2D eigenvalue weighted by Crippen LogP contribution is 2.26. The molecule has 0 bridgehead atoms. The van der Waals surface area contributed by atoms with E-state index in [1.54, 1.807) is 22.9 Å². The van der Waals surface area contributed by atoms with Crippen LogP contribution in [0.5, 0.6) is 0 Å². The third-order valence-electron chi connectivity index (χ3n) is 3.61. The third-order valence-corrected chi connectivity index (χ3v) is 5.37. The van der Waals surface area contributed by atoms with Crippen LogP contribution in [-0.4, -0.2) is 24.1 Å². The Balaban J connectivity index is 1.60. The van der Waals surface area contributed by atoms with E-state index in [2.05, 4.69) is 22.1 Å². The summed E-state index contributed by atoms with van der Waals surface area (Å²) in [6, 6.07) is 5.28. The Hall–Kier alpha value is -2.39. The Labute approximate surface area is 151 Å². The molecule has 7 nitrogen and oxygen atoms in total. The summed E-state index contributed by atoms with van der Waals surface area (Å²) in [5.41, 5.74) is 0.677. The zero-order chi connectivity index (χ0) is 17.2.